The highest BCUT2D eigenvalue weighted by Gasteiger charge is 2.10. The first-order valence-corrected chi connectivity index (χ1v) is 6.43. The minimum atomic E-state index is 0.213. The summed E-state index contributed by atoms with van der Waals surface area (Å²) in [7, 11) is 1.90. The number of halogens is 1. The van der Waals surface area contributed by atoms with Crippen molar-refractivity contribution in [3.63, 3.8) is 0 Å². The lowest BCUT2D eigenvalue weighted by Crippen LogP contribution is -2.24. The Kier molecular flexibility index (Phi) is 4.76. The van der Waals surface area contributed by atoms with Crippen LogP contribution < -0.4 is 10.1 Å². The third-order valence-corrected chi connectivity index (χ3v) is 2.99. The molecule has 0 amide bonds. The van der Waals surface area contributed by atoms with Crippen molar-refractivity contribution in [1.82, 2.24) is 15.5 Å². The molecular formula is C13H16ClN3O2. The normalized spacial score (nSPS) is 12.4. The van der Waals surface area contributed by atoms with Crippen molar-refractivity contribution in [2.75, 3.05) is 7.05 Å². The molecule has 0 bridgehead atoms. The van der Waals surface area contributed by atoms with Gasteiger partial charge in [0.2, 0.25) is 0 Å². The predicted octanol–water partition coefficient (Wildman–Crippen LogP) is 2.45. The van der Waals surface area contributed by atoms with Crippen LogP contribution in [0.25, 0.3) is 0 Å². The molecule has 0 fully saturated rings. The van der Waals surface area contributed by atoms with E-state index in [-0.39, 0.29) is 6.61 Å². The van der Waals surface area contributed by atoms with Crippen LogP contribution in [-0.2, 0) is 13.0 Å². The molecule has 19 heavy (non-hydrogen) atoms. The minimum absolute atomic E-state index is 0.213. The Morgan fingerprint density at radius 1 is 1.42 bits per heavy atom. The van der Waals surface area contributed by atoms with Gasteiger partial charge in [0.25, 0.3) is 5.89 Å². The standard InChI is InChI=1S/C13H16ClN3O2/c1-9(15-2)7-12-16-13(19-17-12)8-18-11-6-4-3-5-10(11)14/h3-6,9,15H,7-8H2,1-2H3. The van der Waals surface area contributed by atoms with E-state index in [9.17, 15) is 0 Å². The molecular weight excluding hydrogens is 266 g/mol. The molecule has 1 unspecified atom stereocenters. The van der Waals surface area contributed by atoms with E-state index in [1.807, 2.05) is 19.2 Å². The third kappa shape index (κ3) is 3.94. The van der Waals surface area contributed by atoms with Crippen LogP contribution in [0.3, 0.4) is 0 Å². The van der Waals surface area contributed by atoms with Gasteiger partial charge in [-0.25, -0.2) is 0 Å². The summed E-state index contributed by atoms with van der Waals surface area (Å²) in [6.07, 6.45) is 0.714. The fourth-order valence-electron chi connectivity index (χ4n) is 1.51. The van der Waals surface area contributed by atoms with Crippen LogP contribution in [0.15, 0.2) is 28.8 Å². The molecule has 1 atom stereocenters. The summed E-state index contributed by atoms with van der Waals surface area (Å²) < 4.78 is 10.6. The molecule has 2 rings (SSSR count). The lowest BCUT2D eigenvalue weighted by Gasteiger charge is -2.05. The molecule has 0 radical (unpaired) electrons. The van der Waals surface area contributed by atoms with E-state index in [1.54, 1.807) is 12.1 Å². The first-order valence-electron chi connectivity index (χ1n) is 6.05. The van der Waals surface area contributed by atoms with E-state index < -0.39 is 0 Å². The Morgan fingerprint density at radius 2 is 2.21 bits per heavy atom. The number of likely N-dealkylation sites (N-methyl/N-ethyl adjacent to an activating group) is 1. The molecule has 1 aromatic heterocycles. The first kappa shape index (κ1) is 13.8. The summed E-state index contributed by atoms with van der Waals surface area (Å²) in [5.74, 6) is 1.71. The van der Waals surface area contributed by atoms with Gasteiger partial charge in [0.15, 0.2) is 12.4 Å². The number of aromatic nitrogens is 2. The van der Waals surface area contributed by atoms with E-state index in [2.05, 4.69) is 22.4 Å². The smallest absolute Gasteiger partial charge is 0.264 e. The highest BCUT2D eigenvalue weighted by atomic mass is 35.5. The third-order valence-electron chi connectivity index (χ3n) is 2.68. The van der Waals surface area contributed by atoms with Crippen LogP contribution in [0.5, 0.6) is 5.75 Å². The maximum absolute atomic E-state index is 5.98. The van der Waals surface area contributed by atoms with Crippen molar-refractivity contribution < 1.29 is 9.26 Å². The summed E-state index contributed by atoms with van der Waals surface area (Å²) in [5.41, 5.74) is 0. The molecule has 0 aliphatic heterocycles. The minimum Gasteiger partial charge on any atom is -0.482 e. The Bertz CT molecular complexity index is 530. The van der Waals surface area contributed by atoms with Crippen LogP contribution >= 0.6 is 11.6 Å². The Balaban J connectivity index is 1.92. The Hall–Kier alpha value is -1.59. The van der Waals surface area contributed by atoms with Crippen molar-refractivity contribution in [1.29, 1.82) is 0 Å². The van der Waals surface area contributed by atoms with Gasteiger partial charge in [0, 0.05) is 12.5 Å². The molecule has 1 N–H and O–H groups in total. The number of benzene rings is 1. The van der Waals surface area contributed by atoms with Crippen molar-refractivity contribution in [2.24, 2.45) is 0 Å². The van der Waals surface area contributed by atoms with Gasteiger partial charge in [-0.3, -0.25) is 0 Å². The van der Waals surface area contributed by atoms with Gasteiger partial charge in [-0.1, -0.05) is 28.9 Å². The lowest BCUT2D eigenvalue weighted by molar-refractivity contribution is 0.242. The van der Waals surface area contributed by atoms with E-state index in [4.69, 9.17) is 20.9 Å². The number of nitrogens with zero attached hydrogens (tertiary/aromatic N) is 2. The number of hydrogen-bond acceptors (Lipinski definition) is 5. The highest BCUT2D eigenvalue weighted by molar-refractivity contribution is 6.32. The molecule has 1 aromatic carbocycles. The van der Waals surface area contributed by atoms with E-state index >= 15 is 0 Å². The van der Waals surface area contributed by atoms with E-state index in [0.717, 1.165) is 0 Å². The van der Waals surface area contributed by atoms with Gasteiger partial charge in [-0.2, -0.15) is 4.98 Å². The maximum atomic E-state index is 5.98. The molecule has 5 nitrogen and oxygen atoms in total. The predicted molar refractivity (Wildman–Crippen MR) is 72.3 cm³/mol. The summed E-state index contributed by atoms with van der Waals surface area (Å²) >= 11 is 5.98. The van der Waals surface area contributed by atoms with Gasteiger partial charge in [-0.05, 0) is 26.1 Å². The SMILES string of the molecule is CNC(C)Cc1noc(COc2ccccc2Cl)n1. The summed E-state index contributed by atoms with van der Waals surface area (Å²) in [6, 6.07) is 7.57. The van der Waals surface area contributed by atoms with Crippen LogP contribution in [0.4, 0.5) is 0 Å². The second kappa shape index (κ2) is 6.54. The molecule has 0 aliphatic carbocycles. The average Bonchev–Trinajstić information content (AvgIpc) is 2.85. The zero-order valence-corrected chi connectivity index (χ0v) is 11.6. The van der Waals surface area contributed by atoms with E-state index in [0.29, 0.717) is 34.9 Å². The number of hydrogen-bond donors (Lipinski definition) is 1. The molecule has 0 spiro atoms. The van der Waals surface area contributed by atoms with Gasteiger partial charge in [0.05, 0.1) is 5.02 Å². The second-order valence-corrected chi connectivity index (χ2v) is 4.62. The largest absolute Gasteiger partial charge is 0.482 e. The van der Waals surface area contributed by atoms with Crippen molar-refractivity contribution in [3.05, 3.63) is 41.0 Å². The number of rotatable bonds is 6. The molecule has 102 valence electrons. The number of para-hydroxylation sites is 1. The monoisotopic (exact) mass is 281 g/mol. The number of ether oxygens (including phenoxy) is 1. The van der Waals surface area contributed by atoms with E-state index in [1.165, 1.54) is 0 Å². The quantitative estimate of drug-likeness (QED) is 0.881. The molecule has 6 heteroatoms. The lowest BCUT2D eigenvalue weighted by atomic mass is 10.2. The first-order chi connectivity index (χ1) is 9.19. The van der Waals surface area contributed by atoms with Crippen LogP contribution in [0, 0.1) is 0 Å². The fourth-order valence-corrected chi connectivity index (χ4v) is 1.70. The Morgan fingerprint density at radius 3 is 2.95 bits per heavy atom. The van der Waals surface area contributed by atoms with Gasteiger partial charge in [-0.15, -0.1) is 0 Å². The summed E-state index contributed by atoms with van der Waals surface area (Å²) in [6.45, 7) is 2.26. The maximum Gasteiger partial charge on any atom is 0.264 e. The topological polar surface area (TPSA) is 60.2 Å². The van der Waals surface area contributed by atoms with Crippen LogP contribution in [0.1, 0.15) is 18.6 Å². The molecule has 1 heterocycles. The molecule has 0 saturated heterocycles. The van der Waals surface area contributed by atoms with Crippen molar-refractivity contribution in [3.8, 4) is 5.75 Å². The van der Waals surface area contributed by atoms with Gasteiger partial charge >= 0.3 is 0 Å². The highest BCUT2D eigenvalue weighted by Crippen LogP contribution is 2.23. The Labute approximate surface area is 116 Å². The second-order valence-electron chi connectivity index (χ2n) is 4.22. The van der Waals surface area contributed by atoms with Gasteiger partial charge in [0.1, 0.15) is 5.75 Å². The zero-order valence-electron chi connectivity index (χ0n) is 10.9. The molecule has 0 saturated carbocycles. The van der Waals surface area contributed by atoms with Crippen molar-refractivity contribution in [2.45, 2.75) is 26.0 Å². The fraction of sp³-hybridized carbons (Fsp3) is 0.385. The van der Waals surface area contributed by atoms with Crippen LogP contribution in [0.2, 0.25) is 5.02 Å². The molecule has 2 aromatic rings. The van der Waals surface area contributed by atoms with Crippen LogP contribution in [-0.4, -0.2) is 23.2 Å². The van der Waals surface area contributed by atoms with Crippen molar-refractivity contribution >= 4 is 11.6 Å². The summed E-state index contributed by atoms with van der Waals surface area (Å²) in [5, 5.41) is 7.58. The number of nitrogens with one attached hydrogen (secondary N) is 1. The summed E-state index contributed by atoms with van der Waals surface area (Å²) in [4.78, 5) is 4.26. The molecule has 0 aliphatic rings. The zero-order chi connectivity index (χ0) is 13.7. The van der Waals surface area contributed by atoms with Gasteiger partial charge < -0.3 is 14.6 Å². The average molecular weight is 282 g/mol.